The predicted octanol–water partition coefficient (Wildman–Crippen LogP) is 1.70. The first kappa shape index (κ1) is 10.9. The molecule has 0 aromatic heterocycles. The van der Waals surface area contributed by atoms with Crippen LogP contribution in [0.2, 0.25) is 5.02 Å². The van der Waals surface area contributed by atoms with Crippen molar-refractivity contribution < 1.29 is 22.2 Å². The van der Waals surface area contributed by atoms with Gasteiger partial charge in [-0.1, -0.05) is 11.6 Å². The van der Waals surface area contributed by atoms with Gasteiger partial charge in [-0.05, 0) is 18.2 Å². The van der Waals surface area contributed by atoms with Gasteiger partial charge in [0, 0.05) is 0 Å². The molecule has 1 rings (SSSR count). The minimum atomic E-state index is -4.90. The number of benzene rings is 1. The van der Waals surface area contributed by atoms with Crippen LogP contribution in [0.1, 0.15) is 10.4 Å². The maximum Gasteiger partial charge on any atom is 0.335 e. The number of carbonyl (C=O) groups is 1. The summed E-state index contributed by atoms with van der Waals surface area (Å²) in [5, 5.41) is 8.05. The van der Waals surface area contributed by atoms with Crippen LogP contribution in [0, 0.1) is 0 Å². The Morgan fingerprint density at radius 2 is 2.00 bits per heavy atom. The molecule has 0 fully saturated rings. The molecule has 0 atom stereocenters. The van der Waals surface area contributed by atoms with Crippen molar-refractivity contribution >= 4 is 27.8 Å². The molecule has 0 bridgehead atoms. The third-order valence-corrected chi connectivity index (χ3v) is 2.75. The lowest BCUT2D eigenvalue weighted by Gasteiger charge is -1.99. The van der Waals surface area contributed by atoms with E-state index in [1.54, 1.807) is 0 Å². The molecule has 0 amide bonds. The number of carboxylic acids is 1. The Bertz CT molecular complexity index is 482. The van der Waals surface area contributed by atoms with Crippen LogP contribution >= 0.6 is 11.6 Å². The second-order valence-electron chi connectivity index (χ2n) is 2.39. The van der Waals surface area contributed by atoms with E-state index in [1.165, 1.54) is 0 Å². The van der Waals surface area contributed by atoms with E-state index in [4.69, 9.17) is 16.7 Å². The Morgan fingerprint density at radius 3 is 2.36 bits per heavy atom. The van der Waals surface area contributed by atoms with Crippen LogP contribution in [0.25, 0.3) is 0 Å². The van der Waals surface area contributed by atoms with E-state index in [-0.39, 0.29) is 5.56 Å². The minimum absolute atomic E-state index is 0.206. The van der Waals surface area contributed by atoms with Crippen LogP contribution in [-0.2, 0) is 10.2 Å². The number of carboxylic acid groups (broad SMARTS) is 1. The van der Waals surface area contributed by atoms with Crippen molar-refractivity contribution in [1.29, 1.82) is 0 Å². The number of aromatic carboxylic acids is 1. The van der Waals surface area contributed by atoms with Crippen molar-refractivity contribution in [3.63, 3.8) is 0 Å². The monoisotopic (exact) mass is 238 g/mol. The molecule has 0 radical (unpaired) electrons. The molecule has 1 aromatic rings. The lowest BCUT2D eigenvalue weighted by molar-refractivity contribution is 0.0696. The fourth-order valence-electron chi connectivity index (χ4n) is 0.832. The third kappa shape index (κ3) is 2.21. The Labute approximate surface area is 84.1 Å². The molecule has 1 N–H and O–H groups in total. The van der Waals surface area contributed by atoms with Gasteiger partial charge in [-0.2, -0.15) is 8.42 Å². The third-order valence-electron chi connectivity index (χ3n) is 1.44. The standard InChI is InChI=1S/C7H4ClFO4S/c8-5-3-4(7(10)11)1-2-6(5)14(9,12)13/h1-3H,(H,10,11). The van der Waals surface area contributed by atoms with Gasteiger partial charge in [0.15, 0.2) is 0 Å². The van der Waals surface area contributed by atoms with E-state index in [9.17, 15) is 17.1 Å². The summed E-state index contributed by atoms with van der Waals surface area (Å²) in [4.78, 5) is 9.68. The Hall–Kier alpha value is -1.14. The Balaban J connectivity index is 3.35. The van der Waals surface area contributed by atoms with E-state index in [0.29, 0.717) is 0 Å². The molecular weight excluding hydrogens is 235 g/mol. The van der Waals surface area contributed by atoms with Crippen LogP contribution in [0.4, 0.5) is 3.89 Å². The van der Waals surface area contributed by atoms with Gasteiger partial charge in [-0.15, -0.1) is 3.89 Å². The minimum Gasteiger partial charge on any atom is -0.478 e. The Kier molecular flexibility index (Phi) is 2.77. The molecular formula is C7H4ClFO4S. The van der Waals surface area contributed by atoms with Crippen LogP contribution in [0.15, 0.2) is 23.1 Å². The smallest absolute Gasteiger partial charge is 0.335 e. The highest BCUT2D eigenvalue weighted by Crippen LogP contribution is 2.24. The first-order chi connectivity index (χ1) is 6.32. The van der Waals surface area contributed by atoms with Crippen molar-refractivity contribution in [3.8, 4) is 0 Å². The van der Waals surface area contributed by atoms with Gasteiger partial charge in [0.2, 0.25) is 0 Å². The average molecular weight is 239 g/mol. The summed E-state index contributed by atoms with van der Waals surface area (Å²) in [6.45, 7) is 0. The number of halogens is 2. The lowest BCUT2D eigenvalue weighted by Crippen LogP contribution is -1.99. The van der Waals surface area contributed by atoms with E-state index < -0.39 is 26.1 Å². The Morgan fingerprint density at radius 1 is 1.43 bits per heavy atom. The number of hydrogen-bond donors (Lipinski definition) is 1. The molecule has 0 unspecified atom stereocenters. The molecule has 0 aliphatic carbocycles. The number of hydrogen-bond acceptors (Lipinski definition) is 3. The fourth-order valence-corrected chi connectivity index (χ4v) is 1.81. The molecule has 0 saturated carbocycles. The molecule has 4 nitrogen and oxygen atoms in total. The van der Waals surface area contributed by atoms with Gasteiger partial charge in [-0.3, -0.25) is 0 Å². The highest BCUT2D eigenvalue weighted by Gasteiger charge is 2.17. The van der Waals surface area contributed by atoms with Gasteiger partial charge in [0.1, 0.15) is 4.90 Å². The maximum absolute atomic E-state index is 12.5. The molecule has 1 aromatic carbocycles. The average Bonchev–Trinajstić information content (AvgIpc) is 2.01. The van der Waals surface area contributed by atoms with Crippen LogP contribution < -0.4 is 0 Å². The van der Waals surface area contributed by atoms with E-state index in [2.05, 4.69) is 0 Å². The van der Waals surface area contributed by atoms with Gasteiger partial charge in [0.05, 0.1) is 10.6 Å². The number of rotatable bonds is 2. The highest BCUT2D eigenvalue weighted by molar-refractivity contribution is 7.86. The maximum atomic E-state index is 12.5. The first-order valence-corrected chi connectivity index (χ1v) is 5.06. The zero-order valence-corrected chi connectivity index (χ0v) is 8.14. The summed E-state index contributed by atoms with van der Waals surface area (Å²) in [5.41, 5.74) is -0.206. The van der Waals surface area contributed by atoms with Crippen LogP contribution in [0.3, 0.4) is 0 Å². The summed E-state index contributed by atoms with van der Waals surface area (Å²) < 4.78 is 33.3. The van der Waals surface area contributed by atoms with Crippen molar-refractivity contribution in [3.05, 3.63) is 28.8 Å². The van der Waals surface area contributed by atoms with Crippen molar-refractivity contribution in [1.82, 2.24) is 0 Å². The fraction of sp³-hybridized carbons (Fsp3) is 0. The van der Waals surface area contributed by atoms with Crippen molar-refractivity contribution in [2.24, 2.45) is 0 Å². The molecule has 0 aliphatic heterocycles. The van der Waals surface area contributed by atoms with E-state index in [1.807, 2.05) is 0 Å². The van der Waals surface area contributed by atoms with Gasteiger partial charge >= 0.3 is 16.2 Å². The molecule has 76 valence electrons. The first-order valence-electron chi connectivity index (χ1n) is 3.30. The molecule has 0 aliphatic rings. The van der Waals surface area contributed by atoms with Gasteiger partial charge in [-0.25, -0.2) is 4.79 Å². The summed E-state index contributed by atoms with van der Waals surface area (Å²) in [5.74, 6) is -1.27. The van der Waals surface area contributed by atoms with Gasteiger partial charge in [0.25, 0.3) is 0 Å². The second-order valence-corrected chi connectivity index (χ2v) is 4.11. The zero-order valence-electron chi connectivity index (χ0n) is 6.57. The summed E-state index contributed by atoms with van der Waals surface area (Å²) in [7, 11) is -4.90. The topological polar surface area (TPSA) is 71.4 Å². The van der Waals surface area contributed by atoms with Crippen molar-refractivity contribution in [2.45, 2.75) is 4.90 Å². The van der Waals surface area contributed by atoms with Crippen LogP contribution in [-0.4, -0.2) is 19.5 Å². The highest BCUT2D eigenvalue weighted by atomic mass is 35.5. The molecule has 14 heavy (non-hydrogen) atoms. The second kappa shape index (κ2) is 3.55. The summed E-state index contributed by atoms with van der Waals surface area (Å²) >= 11 is 5.38. The molecule has 0 heterocycles. The SMILES string of the molecule is O=C(O)c1ccc(S(=O)(=O)F)c(Cl)c1. The summed E-state index contributed by atoms with van der Waals surface area (Å²) in [6, 6.07) is 2.64. The van der Waals surface area contributed by atoms with E-state index >= 15 is 0 Å². The molecule has 0 spiro atoms. The van der Waals surface area contributed by atoms with E-state index in [0.717, 1.165) is 18.2 Å². The zero-order chi connectivity index (χ0) is 10.9. The van der Waals surface area contributed by atoms with Crippen molar-refractivity contribution in [2.75, 3.05) is 0 Å². The normalized spacial score (nSPS) is 11.3. The van der Waals surface area contributed by atoms with Crippen LogP contribution in [0.5, 0.6) is 0 Å². The van der Waals surface area contributed by atoms with Gasteiger partial charge < -0.3 is 5.11 Å². The molecule has 0 saturated heterocycles. The largest absolute Gasteiger partial charge is 0.478 e. The predicted molar refractivity (Wildman–Crippen MR) is 46.7 cm³/mol. The lowest BCUT2D eigenvalue weighted by atomic mass is 10.2. The molecule has 7 heteroatoms. The quantitative estimate of drug-likeness (QED) is 0.796. The summed E-state index contributed by atoms with van der Waals surface area (Å²) in [6.07, 6.45) is 0.